The van der Waals surface area contributed by atoms with Crippen molar-refractivity contribution in [3.8, 4) is 6.07 Å². The van der Waals surface area contributed by atoms with Crippen molar-refractivity contribution in [3.63, 3.8) is 0 Å². The van der Waals surface area contributed by atoms with Gasteiger partial charge >= 0.3 is 0 Å². The summed E-state index contributed by atoms with van der Waals surface area (Å²) in [5.41, 5.74) is 3.19. The number of thioether (sulfide) groups is 1. The molecule has 1 heterocycles. The molecular weight excluding hydrogens is 558 g/mol. The Morgan fingerprint density at radius 3 is 2.39 bits per heavy atom. The zero-order chi connectivity index (χ0) is 25.7. The van der Waals surface area contributed by atoms with E-state index in [-0.39, 0.29) is 17.4 Å². The third-order valence-corrected chi connectivity index (χ3v) is 7.54. The largest absolute Gasteiger partial charge is 0.353 e. The maximum absolute atomic E-state index is 13.5. The zero-order valence-corrected chi connectivity index (χ0v) is 22.4. The molecule has 0 saturated heterocycles. The molecule has 180 valence electrons. The molecule has 8 heteroatoms. The Morgan fingerprint density at radius 2 is 1.72 bits per heavy atom. The van der Waals surface area contributed by atoms with Crippen molar-refractivity contribution in [3.05, 3.63) is 121 Å². The van der Waals surface area contributed by atoms with Crippen molar-refractivity contribution < 1.29 is 9.59 Å². The first kappa shape index (κ1) is 25.8. The van der Waals surface area contributed by atoms with Gasteiger partial charge in [-0.05, 0) is 42.8 Å². The number of anilines is 1. The molecule has 1 atom stereocenters. The smallest absolute Gasteiger partial charge is 0.254 e. The number of rotatable bonds is 7. The molecule has 0 spiro atoms. The fourth-order valence-electron chi connectivity index (χ4n) is 3.92. The summed E-state index contributed by atoms with van der Waals surface area (Å²) in [6, 6.07) is 25.7. The predicted molar refractivity (Wildman–Crippen MR) is 149 cm³/mol. The normalized spacial score (nSPS) is 15.2. The first-order chi connectivity index (χ1) is 17.4. The highest BCUT2D eigenvalue weighted by Crippen LogP contribution is 2.43. The molecule has 36 heavy (non-hydrogen) atoms. The van der Waals surface area contributed by atoms with Crippen LogP contribution in [0, 0.1) is 11.3 Å². The molecule has 5 nitrogen and oxygen atoms in total. The molecule has 2 N–H and O–H groups in total. The standard InChI is InChI=1S/C28H21BrClN3O2S/c1-17-25(27(35)33-20-7-3-2-4-8-20)26(21-9-5-6-10-23(21)30)22(15-31)28(32-17)36-16-24(34)18-11-13-19(29)14-12-18/h2-14,26,32H,16H2,1H3,(H,33,35)/t26-/m1/s1. The minimum Gasteiger partial charge on any atom is -0.353 e. The van der Waals surface area contributed by atoms with E-state index in [1.807, 2.05) is 42.5 Å². The lowest BCUT2D eigenvalue weighted by atomic mass is 9.82. The molecule has 1 amide bonds. The second kappa shape index (κ2) is 11.6. The van der Waals surface area contributed by atoms with E-state index in [9.17, 15) is 14.9 Å². The highest BCUT2D eigenvalue weighted by molar-refractivity contribution is 9.10. The number of hydrogen-bond acceptors (Lipinski definition) is 5. The molecule has 0 unspecified atom stereocenters. The van der Waals surface area contributed by atoms with Crippen molar-refractivity contribution in [2.24, 2.45) is 0 Å². The summed E-state index contributed by atoms with van der Waals surface area (Å²) in [4.78, 5) is 26.3. The third kappa shape index (κ3) is 5.73. The van der Waals surface area contributed by atoms with Crippen LogP contribution in [-0.4, -0.2) is 17.4 Å². The molecule has 3 aromatic carbocycles. The Bertz CT molecular complexity index is 1410. The Labute approximate surface area is 227 Å². The minimum absolute atomic E-state index is 0.0670. The number of hydrogen-bond donors (Lipinski definition) is 2. The summed E-state index contributed by atoms with van der Waals surface area (Å²) in [6.45, 7) is 1.79. The van der Waals surface area contributed by atoms with Gasteiger partial charge < -0.3 is 10.6 Å². The van der Waals surface area contributed by atoms with Gasteiger partial charge in [-0.25, -0.2) is 0 Å². The predicted octanol–water partition coefficient (Wildman–Crippen LogP) is 7.05. The van der Waals surface area contributed by atoms with Crippen molar-refractivity contribution in [2.75, 3.05) is 11.1 Å². The van der Waals surface area contributed by atoms with Gasteiger partial charge in [0.05, 0.1) is 28.3 Å². The molecule has 0 aliphatic carbocycles. The number of dihydropyridines is 1. The minimum atomic E-state index is -0.695. The van der Waals surface area contributed by atoms with Crippen molar-refractivity contribution in [2.45, 2.75) is 12.8 Å². The molecule has 1 aliphatic rings. The molecular formula is C28H21BrClN3O2S. The van der Waals surface area contributed by atoms with Crippen LogP contribution >= 0.6 is 39.3 Å². The van der Waals surface area contributed by atoms with Gasteiger partial charge in [0.25, 0.3) is 5.91 Å². The fraction of sp³-hybridized carbons (Fsp3) is 0.107. The molecule has 0 bridgehead atoms. The Balaban J connectivity index is 1.69. The number of nitrogens with one attached hydrogen (secondary N) is 2. The van der Waals surface area contributed by atoms with Crippen LogP contribution in [0.5, 0.6) is 0 Å². The van der Waals surface area contributed by atoms with Crippen molar-refractivity contribution >= 4 is 56.7 Å². The average Bonchev–Trinajstić information content (AvgIpc) is 2.88. The van der Waals surface area contributed by atoms with E-state index < -0.39 is 5.92 Å². The number of halogens is 2. The van der Waals surface area contributed by atoms with Crippen LogP contribution in [0.15, 0.2) is 105 Å². The average molecular weight is 579 g/mol. The Kier molecular flexibility index (Phi) is 8.32. The lowest BCUT2D eigenvalue weighted by Gasteiger charge is -2.30. The second-order valence-corrected chi connectivity index (χ2v) is 10.3. The van der Waals surface area contributed by atoms with Gasteiger partial charge in [-0.15, -0.1) is 0 Å². The highest BCUT2D eigenvalue weighted by atomic mass is 79.9. The van der Waals surface area contributed by atoms with Crippen LogP contribution in [0.1, 0.15) is 28.8 Å². The van der Waals surface area contributed by atoms with E-state index >= 15 is 0 Å². The van der Waals surface area contributed by atoms with Gasteiger partial charge in [0.1, 0.15) is 0 Å². The van der Waals surface area contributed by atoms with Crippen LogP contribution in [0.2, 0.25) is 5.02 Å². The number of amides is 1. The third-order valence-electron chi connectivity index (χ3n) is 5.65. The first-order valence-electron chi connectivity index (χ1n) is 11.0. The van der Waals surface area contributed by atoms with Gasteiger partial charge in [0.2, 0.25) is 0 Å². The summed E-state index contributed by atoms with van der Waals surface area (Å²) in [6.07, 6.45) is 0. The van der Waals surface area contributed by atoms with E-state index in [1.54, 1.807) is 43.3 Å². The van der Waals surface area contributed by atoms with Crippen LogP contribution in [0.25, 0.3) is 0 Å². The lowest BCUT2D eigenvalue weighted by molar-refractivity contribution is -0.113. The zero-order valence-electron chi connectivity index (χ0n) is 19.2. The summed E-state index contributed by atoms with van der Waals surface area (Å²) >= 11 is 11.2. The molecule has 1 aliphatic heterocycles. The summed E-state index contributed by atoms with van der Waals surface area (Å²) in [5.74, 6) is -0.969. The number of nitrogens with zero attached hydrogens (tertiary/aromatic N) is 1. The number of Topliss-reactive ketones (excluding diaryl/α,β-unsaturated/α-hetero) is 1. The topological polar surface area (TPSA) is 82.0 Å². The quantitative estimate of drug-likeness (QED) is 0.294. The van der Waals surface area contributed by atoms with E-state index in [4.69, 9.17) is 11.6 Å². The highest BCUT2D eigenvalue weighted by Gasteiger charge is 2.36. The maximum atomic E-state index is 13.5. The van der Waals surface area contributed by atoms with Gasteiger partial charge in [0.15, 0.2) is 5.78 Å². The van der Waals surface area contributed by atoms with Crippen LogP contribution in [0.3, 0.4) is 0 Å². The fourth-order valence-corrected chi connectivity index (χ4v) is 5.42. The van der Waals surface area contributed by atoms with Gasteiger partial charge in [-0.2, -0.15) is 5.26 Å². The van der Waals surface area contributed by atoms with Gasteiger partial charge in [0, 0.05) is 32.0 Å². The number of carbonyl (C=O) groups is 2. The number of carbonyl (C=O) groups excluding carboxylic acids is 2. The monoisotopic (exact) mass is 577 g/mol. The Morgan fingerprint density at radius 1 is 1.06 bits per heavy atom. The van der Waals surface area contributed by atoms with Crippen LogP contribution in [0.4, 0.5) is 5.69 Å². The van der Waals surface area contributed by atoms with Crippen LogP contribution < -0.4 is 10.6 Å². The number of nitriles is 1. The summed E-state index contributed by atoms with van der Waals surface area (Å²) < 4.78 is 0.889. The number of benzene rings is 3. The summed E-state index contributed by atoms with van der Waals surface area (Å²) in [7, 11) is 0. The molecule has 0 fully saturated rings. The lowest BCUT2D eigenvalue weighted by Crippen LogP contribution is -2.31. The van der Waals surface area contributed by atoms with Gasteiger partial charge in [-0.3, -0.25) is 9.59 Å². The van der Waals surface area contributed by atoms with Gasteiger partial charge in [-0.1, -0.05) is 87.8 Å². The van der Waals surface area contributed by atoms with E-state index in [0.29, 0.717) is 43.7 Å². The number of allylic oxidation sites excluding steroid dienone is 2. The Hall–Kier alpha value is -3.31. The van der Waals surface area contributed by atoms with E-state index in [2.05, 4.69) is 32.6 Å². The van der Waals surface area contributed by atoms with Crippen LogP contribution in [-0.2, 0) is 4.79 Å². The maximum Gasteiger partial charge on any atom is 0.254 e. The molecule has 0 aromatic heterocycles. The van der Waals surface area contributed by atoms with Crippen molar-refractivity contribution in [1.82, 2.24) is 5.32 Å². The van der Waals surface area contributed by atoms with E-state index in [1.165, 1.54) is 11.8 Å². The molecule has 0 saturated carbocycles. The SMILES string of the molecule is CC1=C(C(=O)Nc2ccccc2)[C@H](c2ccccc2Cl)C(C#N)=C(SCC(=O)c2ccc(Br)cc2)N1. The summed E-state index contributed by atoms with van der Waals surface area (Å²) in [5, 5.41) is 17.3. The second-order valence-electron chi connectivity index (χ2n) is 8.01. The van der Waals surface area contributed by atoms with E-state index in [0.717, 1.165) is 4.47 Å². The number of para-hydroxylation sites is 1. The number of ketones is 1. The van der Waals surface area contributed by atoms with Crippen molar-refractivity contribution in [1.29, 1.82) is 5.26 Å². The molecule has 4 rings (SSSR count). The molecule has 3 aromatic rings. The first-order valence-corrected chi connectivity index (χ1v) is 13.2. The molecule has 0 radical (unpaired) electrons.